The molecule has 8 nitrogen and oxygen atoms in total. The number of esters is 3. The fourth-order valence-corrected chi connectivity index (χ4v) is 7.21. The summed E-state index contributed by atoms with van der Waals surface area (Å²) in [6, 6.07) is 0. The number of carbonyl (C=O) groups excluding carboxylic acids is 3. The van der Waals surface area contributed by atoms with Crippen molar-refractivity contribution in [3.8, 4) is 0 Å². The first-order valence-corrected chi connectivity index (χ1v) is 22.9. The van der Waals surface area contributed by atoms with E-state index in [2.05, 4.69) is 18.7 Å². The van der Waals surface area contributed by atoms with Crippen LogP contribution in [0.1, 0.15) is 215 Å². The summed E-state index contributed by atoms with van der Waals surface area (Å²) in [6.45, 7) is 17.4. The van der Waals surface area contributed by atoms with Crippen molar-refractivity contribution in [3.63, 3.8) is 0 Å². The average Bonchev–Trinajstić information content (AvgIpc) is 3.15. The van der Waals surface area contributed by atoms with Crippen LogP contribution in [0.25, 0.3) is 0 Å². The maximum absolute atomic E-state index is 12.9. The number of nitrogens with zero attached hydrogens (tertiary/aromatic N) is 1. The van der Waals surface area contributed by atoms with Crippen molar-refractivity contribution in [2.45, 2.75) is 221 Å². The Morgan fingerprint density at radius 2 is 0.944 bits per heavy atom. The Hall–Kier alpha value is -1.67. The van der Waals surface area contributed by atoms with Crippen LogP contribution < -0.4 is 0 Å². The lowest BCUT2D eigenvalue weighted by Gasteiger charge is -2.26. The molecule has 0 bridgehead atoms. The summed E-state index contributed by atoms with van der Waals surface area (Å²) < 4.78 is 22.8. The second-order valence-corrected chi connectivity index (χ2v) is 17.5. The van der Waals surface area contributed by atoms with Gasteiger partial charge in [0.15, 0.2) is 0 Å². The normalized spacial score (nSPS) is 14.1. The number of carbonyl (C=O) groups is 3. The Labute approximate surface area is 333 Å². The molecule has 0 aromatic rings. The quantitative estimate of drug-likeness (QED) is 0.0354. The Balaban J connectivity index is 2.39. The minimum atomic E-state index is -0.487. The molecular formula is C46H87NO7. The number of rotatable bonds is 36. The molecule has 8 heteroatoms. The van der Waals surface area contributed by atoms with Crippen molar-refractivity contribution in [2.75, 3.05) is 46.1 Å². The highest BCUT2D eigenvalue weighted by molar-refractivity contribution is 5.76. The molecule has 1 fully saturated rings. The van der Waals surface area contributed by atoms with Gasteiger partial charge in [0.2, 0.25) is 0 Å². The van der Waals surface area contributed by atoms with Crippen LogP contribution in [0, 0.1) is 10.8 Å². The van der Waals surface area contributed by atoms with Gasteiger partial charge >= 0.3 is 17.9 Å². The molecule has 0 aromatic carbocycles. The Kier molecular flexibility index (Phi) is 30.2. The van der Waals surface area contributed by atoms with Crippen LogP contribution in [-0.2, 0) is 33.3 Å². The summed E-state index contributed by atoms with van der Waals surface area (Å²) >= 11 is 0. The van der Waals surface area contributed by atoms with Gasteiger partial charge in [0.05, 0.1) is 43.7 Å². The van der Waals surface area contributed by atoms with Gasteiger partial charge in [0, 0.05) is 19.6 Å². The molecule has 0 spiro atoms. The average molecular weight is 766 g/mol. The third-order valence-corrected chi connectivity index (χ3v) is 11.3. The Morgan fingerprint density at radius 1 is 0.556 bits per heavy atom. The topological polar surface area (TPSA) is 91.4 Å². The Morgan fingerprint density at radius 3 is 1.37 bits per heavy atom. The molecular weight excluding hydrogens is 679 g/mol. The van der Waals surface area contributed by atoms with Gasteiger partial charge in [-0.15, -0.1) is 0 Å². The first-order chi connectivity index (χ1) is 26.0. The SMILES string of the molecule is CCCCCCCCCCOC(=O)C(C)(C)CCCCCC(CCCCCC(C)(C)C(=O)OCCCCCCCCCC)OC(=O)CCN1CCOCC1. The van der Waals surface area contributed by atoms with Crippen LogP contribution in [0.3, 0.4) is 0 Å². The molecule has 0 radical (unpaired) electrons. The summed E-state index contributed by atoms with van der Waals surface area (Å²) in [5.74, 6) is -0.290. The largest absolute Gasteiger partial charge is 0.465 e. The van der Waals surface area contributed by atoms with Gasteiger partial charge in [-0.3, -0.25) is 19.3 Å². The Bertz CT molecular complexity index is 874. The van der Waals surface area contributed by atoms with Gasteiger partial charge in [-0.05, 0) is 79.1 Å². The fourth-order valence-electron chi connectivity index (χ4n) is 7.21. The first-order valence-electron chi connectivity index (χ1n) is 22.9. The zero-order valence-corrected chi connectivity index (χ0v) is 36.4. The maximum Gasteiger partial charge on any atom is 0.311 e. The van der Waals surface area contributed by atoms with Crippen molar-refractivity contribution in [3.05, 3.63) is 0 Å². The van der Waals surface area contributed by atoms with E-state index in [0.29, 0.717) is 26.2 Å². The van der Waals surface area contributed by atoms with Crippen molar-refractivity contribution in [2.24, 2.45) is 10.8 Å². The summed E-state index contributed by atoms with van der Waals surface area (Å²) in [6.07, 6.45) is 29.0. The summed E-state index contributed by atoms with van der Waals surface area (Å²) in [7, 11) is 0. The molecule has 0 unspecified atom stereocenters. The van der Waals surface area contributed by atoms with Gasteiger partial charge in [0.1, 0.15) is 6.10 Å². The molecule has 0 N–H and O–H groups in total. The first kappa shape index (κ1) is 50.3. The third kappa shape index (κ3) is 27.0. The molecule has 1 saturated heterocycles. The predicted octanol–water partition coefficient (Wildman–Crippen LogP) is 11.9. The second-order valence-electron chi connectivity index (χ2n) is 17.5. The van der Waals surface area contributed by atoms with Gasteiger partial charge < -0.3 is 18.9 Å². The molecule has 318 valence electrons. The van der Waals surface area contributed by atoms with Crippen molar-refractivity contribution in [1.29, 1.82) is 0 Å². The molecule has 54 heavy (non-hydrogen) atoms. The van der Waals surface area contributed by atoms with Crippen LogP contribution >= 0.6 is 0 Å². The summed E-state index contributed by atoms with van der Waals surface area (Å²) in [5, 5.41) is 0. The van der Waals surface area contributed by atoms with Crippen LogP contribution in [-0.4, -0.2) is 75.0 Å². The predicted molar refractivity (Wildman–Crippen MR) is 223 cm³/mol. The zero-order chi connectivity index (χ0) is 39.8. The second kappa shape index (κ2) is 32.4. The van der Waals surface area contributed by atoms with E-state index in [0.717, 1.165) is 116 Å². The van der Waals surface area contributed by atoms with Gasteiger partial charge in [-0.2, -0.15) is 0 Å². The van der Waals surface area contributed by atoms with Crippen LogP contribution in [0.5, 0.6) is 0 Å². The molecule has 0 saturated carbocycles. The molecule has 0 aromatic heterocycles. The highest BCUT2D eigenvalue weighted by Gasteiger charge is 2.30. The standard InChI is InChI=1S/C46H87NO7/c1-7-9-11-13-15-17-19-27-37-52-43(49)45(3,4)32-25-21-23-29-41(54-42(48)31-34-47-35-39-51-40-36-47)30-24-22-26-33-46(5,6)44(50)53-38-28-20-18-16-14-12-10-8-2/h41H,7-40H2,1-6H3. The highest BCUT2D eigenvalue weighted by atomic mass is 16.5. The lowest BCUT2D eigenvalue weighted by atomic mass is 9.86. The smallest absolute Gasteiger partial charge is 0.311 e. The number of unbranched alkanes of at least 4 members (excludes halogenated alkanes) is 18. The molecule has 0 atom stereocenters. The van der Waals surface area contributed by atoms with E-state index in [1.165, 1.54) is 77.0 Å². The van der Waals surface area contributed by atoms with Crippen LogP contribution in [0.4, 0.5) is 0 Å². The minimum Gasteiger partial charge on any atom is -0.465 e. The number of hydrogen-bond donors (Lipinski definition) is 0. The fraction of sp³-hybridized carbons (Fsp3) is 0.935. The minimum absolute atomic E-state index is 0.0857. The van der Waals surface area contributed by atoms with E-state index >= 15 is 0 Å². The summed E-state index contributed by atoms with van der Waals surface area (Å²) in [5.41, 5.74) is -0.974. The number of morpholine rings is 1. The van der Waals surface area contributed by atoms with E-state index in [4.69, 9.17) is 18.9 Å². The maximum atomic E-state index is 12.9. The van der Waals surface area contributed by atoms with Gasteiger partial charge in [-0.1, -0.05) is 129 Å². The molecule has 1 aliphatic rings. The van der Waals surface area contributed by atoms with E-state index in [9.17, 15) is 14.4 Å². The molecule has 1 aliphatic heterocycles. The van der Waals surface area contributed by atoms with E-state index in [-0.39, 0.29) is 24.0 Å². The van der Waals surface area contributed by atoms with Crippen LogP contribution in [0.15, 0.2) is 0 Å². The van der Waals surface area contributed by atoms with Gasteiger partial charge in [0.25, 0.3) is 0 Å². The lowest BCUT2D eigenvalue weighted by Crippen LogP contribution is -2.37. The summed E-state index contributed by atoms with van der Waals surface area (Å²) in [4.78, 5) is 40.8. The van der Waals surface area contributed by atoms with E-state index < -0.39 is 10.8 Å². The molecule has 1 rings (SSSR count). The van der Waals surface area contributed by atoms with Crippen LogP contribution in [0.2, 0.25) is 0 Å². The van der Waals surface area contributed by atoms with E-state index in [1.54, 1.807) is 0 Å². The third-order valence-electron chi connectivity index (χ3n) is 11.3. The molecule has 1 heterocycles. The monoisotopic (exact) mass is 766 g/mol. The van der Waals surface area contributed by atoms with Crippen molar-refractivity contribution < 1.29 is 33.3 Å². The van der Waals surface area contributed by atoms with E-state index in [1.807, 2.05) is 27.7 Å². The molecule has 0 aliphatic carbocycles. The highest BCUT2D eigenvalue weighted by Crippen LogP contribution is 2.28. The van der Waals surface area contributed by atoms with Crippen molar-refractivity contribution in [1.82, 2.24) is 4.90 Å². The number of hydrogen-bond acceptors (Lipinski definition) is 8. The number of ether oxygens (including phenoxy) is 4. The lowest BCUT2D eigenvalue weighted by molar-refractivity contribution is -0.155. The zero-order valence-electron chi connectivity index (χ0n) is 36.4. The van der Waals surface area contributed by atoms with Crippen molar-refractivity contribution >= 4 is 17.9 Å². The molecule has 0 amide bonds. The van der Waals surface area contributed by atoms with Gasteiger partial charge in [-0.25, -0.2) is 0 Å².